The number of benzene rings is 2. The monoisotopic (exact) mass is 326 g/mol. The van der Waals surface area contributed by atoms with Gasteiger partial charge in [0.1, 0.15) is 5.75 Å². The van der Waals surface area contributed by atoms with Crippen LogP contribution in [-0.4, -0.2) is 17.5 Å². The average Bonchev–Trinajstić information content (AvgIpc) is 2.97. The van der Waals surface area contributed by atoms with Crippen LogP contribution in [0.1, 0.15) is 18.4 Å². The van der Waals surface area contributed by atoms with E-state index in [0.29, 0.717) is 37.1 Å². The van der Waals surface area contributed by atoms with Gasteiger partial charge in [-0.05, 0) is 36.2 Å². The molecule has 0 atom stereocenters. The highest BCUT2D eigenvalue weighted by molar-refractivity contribution is 5.76. The summed E-state index contributed by atoms with van der Waals surface area (Å²) in [6, 6.07) is 14.8. The van der Waals surface area contributed by atoms with E-state index in [1.54, 1.807) is 12.1 Å². The van der Waals surface area contributed by atoms with Crippen molar-refractivity contribution in [2.45, 2.75) is 19.4 Å². The van der Waals surface area contributed by atoms with Gasteiger partial charge in [0.15, 0.2) is 5.58 Å². The summed E-state index contributed by atoms with van der Waals surface area (Å²) in [5.41, 5.74) is 2.03. The number of carbonyl (C=O) groups is 1. The maximum atomic E-state index is 11.9. The molecular weight excluding hydrogens is 308 g/mol. The van der Waals surface area contributed by atoms with E-state index in [4.69, 9.17) is 9.15 Å². The Labute approximate surface area is 138 Å². The Morgan fingerprint density at radius 3 is 2.83 bits per heavy atom. The van der Waals surface area contributed by atoms with Crippen LogP contribution in [0, 0.1) is 0 Å². The summed E-state index contributed by atoms with van der Waals surface area (Å²) in [6.45, 7) is 0.904. The number of fused-ring (bicyclic) bond motifs is 1. The fraction of sp³-hybridized carbons (Fsp3) is 0.222. The molecule has 6 heteroatoms. The molecule has 2 N–H and O–H groups in total. The molecule has 3 rings (SSSR count). The number of nitrogens with one attached hydrogen (secondary N) is 2. The molecule has 0 unspecified atom stereocenters. The molecule has 0 saturated carbocycles. The smallest absolute Gasteiger partial charge is 0.417 e. The predicted molar refractivity (Wildman–Crippen MR) is 89.9 cm³/mol. The van der Waals surface area contributed by atoms with E-state index in [0.717, 1.165) is 11.3 Å². The van der Waals surface area contributed by atoms with E-state index >= 15 is 0 Å². The number of oxazole rings is 1. The summed E-state index contributed by atoms with van der Waals surface area (Å²) < 4.78 is 10.5. The number of aromatic amines is 1. The maximum Gasteiger partial charge on any atom is 0.417 e. The van der Waals surface area contributed by atoms with Gasteiger partial charge >= 0.3 is 5.76 Å². The number of rotatable bonds is 7. The van der Waals surface area contributed by atoms with Gasteiger partial charge in [0.2, 0.25) is 5.91 Å². The van der Waals surface area contributed by atoms with Crippen molar-refractivity contribution in [1.82, 2.24) is 10.3 Å². The molecule has 0 bridgehead atoms. The van der Waals surface area contributed by atoms with Crippen LogP contribution in [0.5, 0.6) is 5.75 Å². The minimum absolute atomic E-state index is 0.0348. The third kappa shape index (κ3) is 4.25. The molecule has 0 saturated heterocycles. The lowest BCUT2D eigenvalue weighted by molar-refractivity contribution is -0.121. The molecule has 24 heavy (non-hydrogen) atoms. The topological polar surface area (TPSA) is 84.3 Å². The van der Waals surface area contributed by atoms with Crippen molar-refractivity contribution in [2.75, 3.05) is 6.61 Å². The molecule has 0 fully saturated rings. The van der Waals surface area contributed by atoms with E-state index in [-0.39, 0.29) is 5.91 Å². The molecule has 6 nitrogen and oxygen atoms in total. The fourth-order valence-corrected chi connectivity index (χ4v) is 2.34. The zero-order valence-electron chi connectivity index (χ0n) is 13.1. The standard InChI is InChI=1S/C18H18N2O4/c21-17(7-4-10-23-14-5-2-1-3-6-14)19-12-13-8-9-16-15(11-13)20-18(22)24-16/h1-3,5-6,8-9,11H,4,7,10,12H2,(H,19,21)(H,20,22). The van der Waals surface area contributed by atoms with Crippen molar-refractivity contribution in [3.05, 3.63) is 64.6 Å². The zero-order valence-corrected chi connectivity index (χ0v) is 13.1. The molecule has 0 aliphatic heterocycles. The van der Waals surface area contributed by atoms with E-state index in [2.05, 4.69) is 10.3 Å². The van der Waals surface area contributed by atoms with Crippen molar-refractivity contribution < 1.29 is 13.9 Å². The summed E-state index contributed by atoms with van der Waals surface area (Å²) in [4.78, 5) is 25.6. The van der Waals surface area contributed by atoms with E-state index in [1.807, 2.05) is 36.4 Å². The van der Waals surface area contributed by atoms with E-state index < -0.39 is 5.76 Å². The molecule has 0 aliphatic rings. The quantitative estimate of drug-likeness (QED) is 0.654. The Bertz CT molecular complexity index is 867. The van der Waals surface area contributed by atoms with Crippen molar-refractivity contribution in [3.8, 4) is 5.75 Å². The van der Waals surface area contributed by atoms with Crippen LogP contribution >= 0.6 is 0 Å². The molecule has 0 spiro atoms. The van der Waals surface area contributed by atoms with Crippen LogP contribution in [0.25, 0.3) is 11.1 Å². The number of H-pyrrole nitrogens is 1. The fourth-order valence-electron chi connectivity index (χ4n) is 2.34. The van der Waals surface area contributed by atoms with Gasteiger partial charge in [0, 0.05) is 13.0 Å². The summed E-state index contributed by atoms with van der Waals surface area (Å²) >= 11 is 0. The first kappa shape index (κ1) is 15.9. The maximum absolute atomic E-state index is 11.9. The lowest BCUT2D eigenvalue weighted by atomic mass is 10.2. The Balaban J connectivity index is 1.40. The highest BCUT2D eigenvalue weighted by atomic mass is 16.5. The number of hydrogen-bond donors (Lipinski definition) is 2. The molecule has 1 aromatic heterocycles. The minimum Gasteiger partial charge on any atom is -0.494 e. The molecule has 2 aromatic carbocycles. The molecular formula is C18H18N2O4. The molecule has 0 radical (unpaired) electrons. The Hall–Kier alpha value is -3.02. The van der Waals surface area contributed by atoms with Crippen LogP contribution in [0.2, 0.25) is 0 Å². The number of hydrogen-bond acceptors (Lipinski definition) is 4. The van der Waals surface area contributed by atoms with Crippen LogP contribution in [-0.2, 0) is 11.3 Å². The van der Waals surface area contributed by atoms with Crippen LogP contribution < -0.4 is 15.8 Å². The predicted octanol–water partition coefficient (Wildman–Crippen LogP) is 2.60. The average molecular weight is 326 g/mol. The molecule has 1 amide bonds. The molecule has 0 aliphatic carbocycles. The summed E-state index contributed by atoms with van der Waals surface area (Å²) in [5, 5.41) is 2.85. The summed E-state index contributed by atoms with van der Waals surface area (Å²) in [6.07, 6.45) is 1.05. The number of carbonyl (C=O) groups excluding carboxylic acids is 1. The SMILES string of the molecule is O=C(CCCOc1ccccc1)NCc1ccc2oc(=O)[nH]c2c1. The van der Waals surface area contributed by atoms with Gasteiger partial charge in [-0.1, -0.05) is 24.3 Å². The zero-order chi connectivity index (χ0) is 16.8. The Kier molecular flexibility index (Phi) is 4.96. The first-order valence-corrected chi connectivity index (χ1v) is 7.77. The highest BCUT2D eigenvalue weighted by Gasteiger charge is 2.05. The number of amides is 1. The van der Waals surface area contributed by atoms with Gasteiger partial charge in [-0.3, -0.25) is 9.78 Å². The summed E-state index contributed by atoms with van der Waals surface area (Å²) in [5.74, 6) is 0.289. The Morgan fingerprint density at radius 2 is 2.00 bits per heavy atom. The van der Waals surface area contributed by atoms with Gasteiger partial charge in [-0.2, -0.15) is 0 Å². The van der Waals surface area contributed by atoms with Crippen LogP contribution in [0.3, 0.4) is 0 Å². The largest absolute Gasteiger partial charge is 0.494 e. The molecule has 1 heterocycles. The van der Waals surface area contributed by atoms with E-state index in [1.165, 1.54) is 0 Å². The van der Waals surface area contributed by atoms with E-state index in [9.17, 15) is 9.59 Å². The van der Waals surface area contributed by atoms with Crippen molar-refractivity contribution in [3.63, 3.8) is 0 Å². The molecule has 3 aromatic rings. The van der Waals surface area contributed by atoms with Crippen LogP contribution in [0.15, 0.2) is 57.7 Å². The lowest BCUT2D eigenvalue weighted by Gasteiger charge is -2.07. The second kappa shape index (κ2) is 7.50. The van der Waals surface area contributed by atoms with Gasteiger partial charge < -0.3 is 14.5 Å². The minimum atomic E-state index is -0.482. The molecule has 124 valence electrons. The van der Waals surface area contributed by atoms with Crippen molar-refractivity contribution in [1.29, 1.82) is 0 Å². The highest BCUT2D eigenvalue weighted by Crippen LogP contribution is 2.12. The first-order valence-electron chi connectivity index (χ1n) is 7.77. The van der Waals surface area contributed by atoms with Gasteiger partial charge in [-0.15, -0.1) is 0 Å². The number of para-hydroxylation sites is 1. The second-order valence-corrected chi connectivity index (χ2v) is 5.39. The Morgan fingerprint density at radius 1 is 1.17 bits per heavy atom. The van der Waals surface area contributed by atoms with Gasteiger partial charge in [0.05, 0.1) is 12.1 Å². The van der Waals surface area contributed by atoms with Crippen molar-refractivity contribution >= 4 is 17.0 Å². The van der Waals surface area contributed by atoms with Crippen LogP contribution in [0.4, 0.5) is 0 Å². The normalized spacial score (nSPS) is 10.7. The van der Waals surface area contributed by atoms with Crippen molar-refractivity contribution in [2.24, 2.45) is 0 Å². The summed E-state index contributed by atoms with van der Waals surface area (Å²) in [7, 11) is 0. The van der Waals surface area contributed by atoms with Gasteiger partial charge in [-0.25, -0.2) is 4.79 Å². The lowest BCUT2D eigenvalue weighted by Crippen LogP contribution is -2.22. The number of ether oxygens (including phenoxy) is 1. The number of aromatic nitrogens is 1. The third-order valence-electron chi connectivity index (χ3n) is 3.53. The first-order chi connectivity index (χ1) is 11.7. The third-order valence-corrected chi connectivity index (χ3v) is 3.53. The second-order valence-electron chi connectivity index (χ2n) is 5.39. The van der Waals surface area contributed by atoms with Gasteiger partial charge in [0.25, 0.3) is 0 Å².